The first-order valence-corrected chi connectivity index (χ1v) is 25.7. The minimum Gasteiger partial charge on any atom is -0.748 e. The molecule has 4 aromatic rings. The molecular weight excluding hydrogens is 837 g/mol. The van der Waals surface area contributed by atoms with Gasteiger partial charge in [0.05, 0.1) is 31.7 Å². The Bertz CT molecular complexity index is 1900. The molecule has 0 atom stereocenters. The molecule has 2 aromatic heterocycles. The zero-order chi connectivity index (χ0) is 44.6. The fourth-order valence-electron chi connectivity index (χ4n) is 5.43. The molecule has 0 saturated carbocycles. The van der Waals surface area contributed by atoms with Crippen LogP contribution >= 0.6 is 21.6 Å². The average Bonchev–Trinajstić information content (AvgIpc) is 3.17. The number of pyridine rings is 2. The first-order chi connectivity index (χ1) is 28.2. The lowest BCUT2D eigenvalue weighted by molar-refractivity contribution is -0.692. The molecule has 0 N–H and O–H groups in total. The number of benzene rings is 2. The third kappa shape index (κ3) is 27.2. The van der Waals surface area contributed by atoms with Gasteiger partial charge < -0.3 is 28.7 Å². The van der Waals surface area contributed by atoms with Crippen LogP contribution in [0.3, 0.4) is 0 Å². The van der Waals surface area contributed by atoms with Crippen LogP contribution in [0.1, 0.15) is 35.1 Å². The van der Waals surface area contributed by atoms with E-state index in [2.05, 4.69) is 193 Å². The van der Waals surface area contributed by atoms with E-state index in [1.165, 1.54) is 33.6 Å². The van der Waals surface area contributed by atoms with Gasteiger partial charge in [0.15, 0.2) is 37.9 Å². The molecule has 0 aliphatic heterocycles. The van der Waals surface area contributed by atoms with E-state index in [-0.39, 0.29) is 0 Å². The summed E-state index contributed by atoms with van der Waals surface area (Å²) in [5, 5.41) is 0. The van der Waals surface area contributed by atoms with Crippen LogP contribution < -0.4 is 18.9 Å². The number of aryl methyl sites for hydroxylation is 2. The Morgan fingerprint density at radius 3 is 1.02 bits per heavy atom. The highest BCUT2D eigenvalue weighted by atomic mass is 33.1. The minimum absolute atomic E-state index is 0.604. The van der Waals surface area contributed by atoms with Gasteiger partial charge in [0.2, 0.25) is 0 Å². The smallest absolute Gasteiger partial charge is 0.169 e. The maximum atomic E-state index is 9.08. The minimum atomic E-state index is -3.92. The molecule has 0 unspecified atom stereocenters. The van der Waals surface area contributed by atoms with E-state index in [9.17, 15) is 0 Å². The molecule has 60 heavy (non-hydrogen) atoms. The maximum Gasteiger partial charge on any atom is 0.169 e. The molecule has 330 valence electrons. The van der Waals surface area contributed by atoms with E-state index in [0.29, 0.717) is 12.5 Å². The standard InChI is InChI=1S/C42H58N6S2.2CH4O3S/c1-43(2)25-7-27-45(5)41-17-13-37(14-18-41)9-11-39-21-29-47(30-22-39)33-35-49-50-36-34-48-31-23-40(24-32-48)12-10-38-15-19-42(20-16-38)46(6)28-8-26-44(3)4;2*1-5(2,3)4/h9-24,29-32H,7-8,25-28,33-36H2,1-6H3;2*1H3,(H,2,3,4)/q+2;;/p-2. The Labute approximate surface area is 368 Å². The average molecular weight is 901 g/mol. The molecule has 0 aliphatic rings. The Morgan fingerprint density at radius 2 is 0.750 bits per heavy atom. The summed E-state index contributed by atoms with van der Waals surface area (Å²) in [5.74, 6) is 2.17. The second-order valence-corrected chi connectivity index (χ2v) is 20.3. The normalized spacial score (nSPS) is 11.7. The Morgan fingerprint density at radius 1 is 0.483 bits per heavy atom. The summed E-state index contributed by atoms with van der Waals surface area (Å²) < 4.78 is 59.0. The van der Waals surface area contributed by atoms with E-state index in [0.717, 1.165) is 63.6 Å². The van der Waals surface area contributed by atoms with Crippen molar-refractivity contribution in [1.82, 2.24) is 9.80 Å². The molecule has 2 aromatic carbocycles. The van der Waals surface area contributed by atoms with Crippen molar-refractivity contribution in [2.75, 3.05) is 102 Å². The third-order valence-electron chi connectivity index (χ3n) is 8.58. The van der Waals surface area contributed by atoms with Crippen LogP contribution in [0.15, 0.2) is 97.6 Å². The van der Waals surface area contributed by atoms with E-state index < -0.39 is 20.2 Å². The number of anilines is 2. The summed E-state index contributed by atoms with van der Waals surface area (Å²) >= 11 is 0. The predicted molar refractivity (Wildman–Crippen MR) is 253 cm³/mol. The van der Waals surface area contributed by atoms with E-state index in [1.807, 2.05) is 21.6 Å². The quantitative estimate of drug-likeness (QED) is 0.0434. The molecule has 2 heterocycles. The van der Waals surface area contributed by atoms with Crippen LogP contribution in [0.25, 0.3) is 24.3 Å². The molecule has 12 nitrogen and oxygen atoms in total. The highest BCUT2D eigenvalue weighted by Crippen LogP contribution is 2.21. The molecule has 0 spiro atoms. The Balaban J connectivity index is 0.00000111. The van der Waals surface area contributed by atoms with Crippen molar-refractivity contribution in [3.63, 3.8) is 0 Å². The fraction of sp³-hybridized carbons (Fsp3) is 0.409. The SMILES string of the molecule is CN(C)CCCN(C)c1ccc(/C=C/c2cc[n+](CCSSCC[n+]3ccc(/C=C/c4ccc(N(C)CCCN(C)C)cc4)cc3)cc2)cc1.CS(=O)(=O)[O-].CS(=O)(=O)[O-]. The van der Waals surface area contributed by atoms with Crippen molar-refractivity contribution >= 4 is 77.5 Å². The van der Waals surface area contributed by atoms with E-state index >= 15 is 0 Å². The monoisotopic (exact) mass is 900 g/mol. The first-order valence-electron chi connectivity index (χ1n) is 19.6. The maximum absolute atomic E-state index is 9.08. The van der Waals surface area contributed by atoms with Gasteiger partial charge in [-0.3, -0.25) is 0 Å². The number of rotatable bonds is 21. The van der Waals surface area contributed by atoms with Crippen molar-refractivity contribution in [3.8, 4) is 0 Å². The van der Waals surface area contributed by atoms with Crippen LogP contribution in [-0.4, -0.2) is 128 Å². The molecular formula is C44H64N6O6S4. The largest absolute Gasteiger partial charge is 0.748 e. The predicted octanol–water partition coefficient (Wildman–Crippen LogP) is 5.78. The van der Waals surface area contributed by atoms with Gasteiger partial charge in [0.1, 0.15) is 0 Å². The van der Waals surface area contributed by atoms with Gasteiger partial charge in [-0.15, -0.1) is 0 Å². The molecule has 0 radical (unpaired) electrons. The lowest BCUT2D eigenvalue weighted by Crippen LogP contribution is -2.34. The van der Waals surface area contributed by atoms with Gasteiger partial charge in [-0.2, -0.15) is 0 Å². The van der Waals surface area contributed by atoms with Crippen LogP contribution in [0.5, 0.6) is 0 Å². The number of hydrogen-bond donors (Lipinski definition) is 0. The number of nitrogens with zero attached hydrogens (tertiary/aromatic N) is 6. The first kappa shape index (κ1) is 52.4. The molecule has 0 aliphatic carbocycles. The van der Waals surface area contributed by atoms with Crippen molar-refractivity contribution in [3.05, 3.63) is 120 Å². The van der Waals surface area contributed by atoms with Gasteiger partial charge in [0, 0.05) is 75.3 Å². The van der Waals surface area contributed by atoms with Crippen LogP contribution in [0.4, 0.5) is 11.4 Å². The van der Waals surface area contributed by atoms with Gasteiger partial charge >= 0.3 is 0 Å². The summed E-state index contributed by atoms with van der Waals surface area (Å²) in [6.45, 7) is 6.37. The lowest BCUT2D eigenvalue weighted by Gasteiger charge is -2.20. The van der Waals surface area contributed by atoms with Crippen LogP contribution in [-0.2, 0) is 33.3 Å². The van der Waals surface area contributed by atoms with E-state index in [4.69, 9.17) is 25.9 Å². The van der Waals surface area contributed by atoms with Crippen molar-refractivity contribution in [2.24, 2.45) is 0 Å². The molecule has 0 saturated heterocycles. The molecule has 0 amide bonds. The number of aromatic nitrogens is 2. The highest BCUT2D eigenvalue weighted by molar-refractivity contribution is 8.76. The zero-order valence-corrected chi connectivity index (χ0v) is 39.6. The third-order valence-corrected chi connectivity index (χ3v) is 10.9. The van der Waals surface area contributed by atoms with Crippen LogP contribution in [0.2, 0.25) is 0 Å². The highest BCUT2D eigenvalue weighted by Gasteiger charge is 2.05. The summed E-state index contributed by atoms with van der Waals surface area (Å²) in [5.41, 5.74) is 7.41. The molecule has 0 bridgehead atoms. The molecule has 16 heteroatoms. The van der Waals surface area contributed by atoms with Gasteiger partial charge in [-0.05, 0) is 101 Å². The van der Waals surface area contributed by atoms with Crippen molar-refractivity contribution in [2.45, 2.75) is 25.9 Å². The van der Waals surface area contributed by atoms with Gasteiger partial charge in [0.25, 0.3) is 0 Å². The van der Waals surface area contributed by atoms with Gasteiger partial charge in [-0.1, -0.05) is 70.2 Å². The molecule has 4 rings (SSSR count). The summed E-state index contributed by atoms with van der Waals surface area (Å²) in [7, 11) is 8.92. The van der Waals surface area contributed by atoms with E-state index in [1.54, 1.807) is 0 Å². The second kappa shape index (κ2) is 28.0. The Kier molecular flexibility index (Phi) is 24.4. The number of hydrogen-bond acceptors (Lipinski definition) is 12. The lowest BCUT2D eigenvalue weighted by atomic mass is 10.1. The van der Waals surface area contributed by atoms with Gasteiger partial charge in [-0.25, -0.2) is 26.0 Å². The Hall–Kier alpha value is -3.74. The van der Waals surface area contributed by atoms with Crippen LogP contribution in [0, 0.1) is 0 Å². The summed E-state index contributed by atoms with van der Waals surface area (Å²) in [6.07, 6.45) is 21.0. The topological polar surface area (TPSA) is 135 Å². The van der Waals surface area contributed by atoms with Crippen molar-refractivity contribution in [1.29, 1.82) is 0 Å². The fourth-order valence-corrected chi connectivity index (χ4v) is 7.39. The zero-order valence-electron chi connectivity index (χ0n) is 36.4. The summed E-state index contributed by atoms with van der Waals surface area (Å²) in [6, 6.07) is 26.4. The molecule has 0 fully saturated rings. The van der Waals surface area contributed by atoms with Crippen molar-refractivity contribution < 1.29 is 35.1 Å². The summed E-state index contributed by atoms with van der Waals surface area (Å²) in [4.78, 5) is 9.13. The second-order valence-electron chi connectivity index (χ2n) is 14.8.